The van der Waals surface area contributed by atoms with Gasteiger partial charge in [-0.25, -0.2) is 14.7 Å². The highest BCUT2D eigenvalue weighted by Crippen LogP contribution is 2.58. The van der Waals surface area contributed by atoms with Crippen LogP contribution in [0.15, 0.2) is 10.5 Å². The Hall–Kier alpha value is -0.980. The number of allylic oxidation sites excluding steroid dienone is 1. The minimum atomic E-state index is -3.75. The third kappa shape index (κ3) is 3.94. The fourth-order valence-corrected chi connectivity index (χ4v) is 6.59. The van der Waals surface area contributed by atoms with Gasteiger partial charge in [-0.3, -0.25) is 4.79 Å². The van der Waals surface area contributed by atoms with Gasteiger partial charge in [0.1, 0.15) is 5.78 Å². The predicted octanol–water partition coefficient (Wildman–Crippen LogP) is -0.956. The first-order valence-corrected chi connectivity index (χ1v) is 11.3. The highest BCUT2D eigenvalue weighted by molar-refractivity contribution is 8.03. The van der Waals surface area contributed by atoms with Crippen molar-refractivity contribution < 1.29 is 28.2 Å². The molecular weight excluding hydrogens is 394 g/mol. The third-order valence-electron chi connectivity index (χ3n) is 5.76. The number of carbonyl (C=O) groups is 2. The minimum absolute atomic E-state index is 0.0710. The number of aliphatic carboxylic acids is 1. The molecule has 27 heavy (non-hydrogen) atoms. The number of carbonyl (C=O) groups excluding carboxylic acids is 1. The molecule has 7 atom stereocenters. The number of aliphatic hydroxyl groups is 1. The number of ketones is 1. The molecule has 0 spiro atoms. The van der Waals surface area contributed by atoms with E-state index in [-0.39, 0.29) is 41.0 Å². The Kier molecular flexibility index (Phi) is 5.72. The third-order valence-corrected chi connectivity index (χ3v) is 7.87. The lowest BCUT2D eigenvalue weighted by Crippen LogP contribution is -2.53. The molecule has 1 heterocycles. The van der Waals surface area contributed by atoms with Gasteiger partial charge in [-0.2, -0.15) is 8.42 Å². The number of thioether (sulfide) groups is 1. The van der Waals surface area contributed by atoms with Crippen LogP contribution in [0.3, 0.4) is 0 Å². The van der Waals surface area contributed by atoms with Crippen LogP contribution in [0.4, 0.5) is 0 Å². The van der Waals surface area contributed by atoms with E-state index in [2.05, 4.69) is 10.0 Å². The van der Waals surface area contributed by atoms with Crippen molar-refractivity contribution in [1.82, 2.24) is 10.0 Å². The standard InChI is InChI=1S/C16H25N3O6S2/c1-6-10-11(7(2)20)14(21)12(10)13(16(22)23)15(6)26-9-3-8(18-5-9)4-19-27(17,24)25/h6-12,18-20H,3-5H2,1-2H3,(H,22,23)(H2,17,24,25)/t6-,7-,8+,9+,10-,11-,12?/m1/s1. The number of carboxylic acids is 1. The molecule has 6 N–H and O–H groups in total. The zero-order chi connectivity index (χ0) is 20.1. The minimum Gasteiger partial charge on any atom is -0.478 e. The Morgan fingerprint density at radius 3 is 2.70 bits per heavy atom. The number of rotatable bonds is 7. The van der Waals surface area contributed by atoms with Gasteiger partial charge in [0.15, 0.2) is 0 Å². The van der Waals surface area contributed by atoms with Crippen molar-refractivity contribution in [2.75, 3.05) is 13.1 Å². The average Bonchev–Trinajstić information content (AvgIpc) is 3.07. The molecule has 9 nitrogen and oxygen atoms in total. The van der Waals surface area contributed by atoms with Crippen LogP contribution < -0.4 is 15.2 Å². The van der Waals surface area contributed by atoms with Gasteiger partial charge in [-0.15, -0.1) is 11.8 Å². The van der Waals surface area contributed by atoms with E-state index in [9.17, 15) is 28.2 Å². The number of hydrogen-bond donors (Lipinski definition) is 5. The van der Waals surface area contributed by atoms with E-state index in [1.54, 1.807) is 6.92 Å². The van der Waals surface area contributed by atoms with Crippen molar-refractivity contribution in [1.29, 1.82) is 0 Å². The van der Waals surface area contributed by atoms with Crippen LogP contribution in [0.1, 0.15) is 20.3 Å². The first kappa shape index (κ1) is 20.7. The largest absolute Gasteiger partial charge is 0.478 e. The van der Waals surface area contributed by atoms with Gasteiger partial charge in [0.2, 0.25) is 0 Å². The lowest BCUT2D eigenvalue weighted by Gasteiger charge is -2.43. The molecule has 3 rings (SSSR count). The van der Waals surface area contributed by atoms with Gasteiger partial charge in [0.25, 0.3) is 10.2 Å². The van der Waals surface area contributed by atoms with Gasteiger partial charge in [-0.05, 0) is 30.1 Å². The van der Waals surface area contributed by atoms with Crippen molar-refractivity contribution in [2.45, 2.75) is 37.7 Å². The lowest BCUT2D eigenvalue weighted by molar-refractivity contribution is -0.151. The maximum Gasteiger partial charge on any atom is 0.333 e. The Bertz CT molecular complexity index is 781. The molecule has 0 radical (unpaired) electrons. The summed E-state index contributed by atoms with van der Waals surface area (Å²) in [4.78, 5) is 24.9. The van der Waals surface area contributed by atoms with Crippen LogP contribution in [0.2, 0.25) is 0 Å². The van der Waals surface area contributed by atoms with Crippen molar-refractivity contribution in [3.8, 4) is 0 Å². The topological polar surface area (TPSA) is 159 Å². The maximum atomic E-state index is 12.4. The molecule has 152 valence electrons. The van der Waals surface area contributed by atoms with Crippen LogP contribution in [0.5, 0.6) is 0 Å². The molecule has 0 aromatic carbocycles. The number of fused-ring (bicyclic) bond motifs is 1. The van der Waals surface area contributed by atoms with Crippen LogP contribution >= 0.6 is 11.8 Å². The number of aliphatic hydroxyl groups excluding tert-OH is 1. The second-order valence-electron chi connectivity index (χ2n) is 7.57. The smallest absolute Gasteiger partial charge is 0.333 e. The monoisotopic (exact) mass is 419 g/mol. The molecule has 11 heteroatoms. The molecule has 0 amide bonds. The van der Waals surface area contributed by atoms with Crippen LogP contribution in [-0.2, 0) is 19.8 Å². The number of carboxylic acid groups (broad SMARTS) is 1. The van der Waals surface area contributed by atoms with E-state index >= 15 is 0 Å². The van der Waals surface area contributed by atoms with E-state index < -0.39 is 34.1 Å². The Morgan fingerprint density at radius 2 is 2.15 bits per heavy atom. The number of Topliss-reactive ketones (excluding diaryl/α,β-unsaturated/α-hetero) is 1. The van der Waals surface area contributed by atoms with E-state index in [1.807, 2.05) is 6.92 Å². The summed E-state index contributed by atoms with van der Waals surface area (Å²) in [5, 5.41) is 27.8. The second-order valence-corrected chi connectivity index (χ2v) is 10.3. The number of nitrogens with one attached hydrogen (secondary N) is 2. The molecule has 3 aliphatic rings. The fraction of sp³-hybridized carbons (Fsp3) is 0.750. The first-order valence-electron chi connectivity index (χ1n) is 8.87. The fourth-order valence-electron chi connectivity index (χ4n) is 4.58. The highest BCUT2D eigenvalue weighted by Gasteiger charge is 2.61. The zero-order valence-corrected chi connectivity index (χ0v) is 16.7. The van der Waals surface area contributed by atoms with Gasteiger partial charge in [0.05, 0.1) is 17.6 Å². The summed E-state index contributed by atoms with van der Waals surface area (Å²) in [6.45, 7) is 4.26. The van der Waals surface area contributed by atoms with E-state index in [0.717, 1.165) is 0 Å². The Balaban J connectivity index is 1.71. The van der Waals surface area contributed by atoms with Crippen molar-refractivity contribution in [3.05, 3.63) is 10.5 Å². The van der Waals surface area contributed by atoms with Crippen molar-refractivity contribution in [2.24, 2.45) is 28.8 Å². The SMILES string of the molecule is C[C@@H](O)[C@H]1C(=O)C2C(C(=O)O)=C(S[C@@H]3CN[C@H](CNS(N)(=O)=O)C3)[C@H](C)[C@@H]21. The van der Waals surface area contributed by atoms with E-state index in [4.69, 9.17) is 5.14 Å². The normalized spacial score (nSPS) is 37.3. The maximum absolute atomic E-state index is 12.4. The van der Waals surface area contributed by atoms with Gasteiger partial charge >= 0.3 is 5.97 Å². The van der Waals surface area contributed by atoms with E-state index in [1.165, 1.54) is 11.8 Å². The number of hydrogen-bond acceptors (Lipinski definition) is 7. The molecule has 1 saturated carbocycles. The highest BCUT2D eigenvalue weighted by atomic mass is 32.2. The molecule has 1 aliphatic heterocycles. The quantitative estimate of drug-likeness (QED) is 0.353. The molecule has 0 aromatic heterocycles. The molecule has 2 fully saturated rings. The van der Waals surface area contributed by atoms with Crippen LogP contribution in [-0.4, -0.2) is 60.9 Å². The molecule has 1 unspecified atom stereocenters. The summed E-state index contributed by atoms with van der Waals surface area (Å²) in [5.41, 5.74) is 0.172. The van der Waals surface area contributed by atoms with Crippen molar-refractivity contribution >= 4 is 33.7 Å². The summed E-state index contributed by atoms with van der Waals surface area (Å²) in [6.07, 6.45) is -0.137. The van der Waals surface area contributed by atoms with Crippen LogP contribution in [0, 0.1) is 23.7 Å². The summed E-state index contributed by atoms with van der Waals surface area (Å²) < 4.78 is 24.3. The Morgan fingerprint density at radius 1 is 1.48 bits per heavy atom. The first-order chi connectivity index (χ1) is 12.5. The average molecular weight is 420 g/mol. The Labute approximate surface area is 162 Å². The molecule has 0 aromatic rings. The molecule has 0 bridgehead atoms. The summed E-state index contributed by atoms with van der Waals surface area (Å²) in [5.74, 6) is -2.67. The molecule has 1 saturated heterocycles. The van der Waals surface area contributed by atoms with Gasteiger partial charge < -0.3 is 15.5 Å². The summed E-state index contributed by atoms with van der Waals surface area (Å²) in [7, 11) is -3.75. The summed E-state index contributed by atoms with van der Waals surface area (Å²) >= 11 is 1.45. The van der Waals surface area contributed by atoms with Gasteiger partial charge in [0, 0.05) is 30.3 Å². The second kappa shape index (κ2) is 7.45. The van der Waals surface area contributed by atoms with Crippen molar-refractivity contribution in [3.63, 3.8) is 0 Å². The predicted molar refractivity (Wildman–Crippen MR) is 99.9 cm³/mol. The lowest BCUT2D eigenvalue weighted by atomic mass is 9.59. The van der Waals surface area contributed by atoms with E-state index in [0.29, 0.717) is 17.9 Å². The zero-order valence-electron chi connectivity index (χ0n) is 15.1. The molecule has 2 aliphatic carbocycles. The summed E-state index contributed by atoms with van der Waals surface area (Å²) in [6, 6.07) is -0.0880. The number of nitrogens with two attached hydrogens (primary N) is 1. The molecular formula is C16H25N3O6S2. The van der Waals surface area contributed by atoms with Crippen LogP contribution in [0.25, 0.3) is 0 Å². The van der Waals surface area contributed by atoms with Gasteiger partial charge in [-0.1, -0.05) is 6.92 Å².